The molecule has 4 rings (SSSR count). The standard InChI is InChI=1S/C23H22N6O/c1-28(2)20-12-10-17(11-13-20)15-25-23-26-21(18-7-4-3-5-8-18)27-29(23)22(30)19-9-6-14-24-16-19/h3-14,16H,15H2,1-2H3,(H,25,26,27). The summed E-state index contributed by atoms with van der Waals surface area (Å²) in [5.41, 5.74) is 3.49. The van der Waals surface area contributed by atoms with Gasteiger partial charge >= 0.3 is 0 Å². The first kappa shape index (κ1) is 19.3. The predicted molar refractivity (Wildman–Crippen MR) is 118 cm³/mol. The minimum absolute atomic E-state index is 0.289. The Hall–Kier alpha value is -4.00. The van der Waals surface area contributed by atoms with Crippen molar-refractivity contribution in [3.63, 3.8) is 0 Å². The molecule has 150 valence electrons. The molecular formula is C23H22N6O. The van der Waals surface area contributed by atoms with E-state index in [2.05, 4.69) is 32.5 Å². The molecule has 0 atom stereocenters. The highest BCUT2D eigenvalue weighted by atomic mass is 16.2. The molecule has 0 spiro atoms. The molecule has 0 saturated carbocycles. The molecule has 0 radical (unpaired) electrons. The summed E-state index contributed by atoms with van der Waals surface area (Å²) < 4.78 is 1.30. The van der Waals surface area contributed by atoms with E-state index in [1.807, 2.05) is 61.5 Å². The quantitative estimate of drug-likeness (QED) is 0.534. The number of anilines is 2. The molecule has 0 aliphatic carbocycles. The highest BCUT2D eigenvalue weighted by Gasteiger charge is 2.18. The average molecular weight is 398 g/mol. The minimum atomic E-state index is -0.289. The molecule has 0 aliphatic heterocycles. The van der Waals surface area contributed by atoms with E-state index in [0.717, 1.165) is 16.8 Å². The van der Waals surface area contributed by atoms with Gasteiger partial charge < -0.3 is 10.2 Å². The maximum Gasteiger partial charge on any atom is 0.282 e. The Morgan fingerprint density at radius 3 is 2.43 bits per heavy atom. The van der Waals surface area contributed by atoms with Crippen LogP contribution in [0.5, 0.6) is 0 Å². The van der Waals surface area contributed by atoms with Crippen LogP contribution in [0.3, 0.4) is 0 Å². The number of rotatable bonds is 6. The van der Waals surface area contributed by atoms with E-state index in [1.54, 1.807) is 18.3 Å². The van der Waals surface area contributed by atoms with E-state index >= 15 is 0 Å². The van der Waals surface area contributed by atoms with Crippen molar-refractivity contribution in [1.29, 1.82) is 0 Å². The third kappa shape index (κ3) is 4.20. The first-order chi connectivity index (χ1) is 14.6. The molecule has 0 bridgehead atoms. The lowest BCUT2D eigenvalue weighted by Crippen LogP contribution is -2.17. The van der Waals surface area contributed by atoms with E-state index in [9.17, 15) is 4.79 Å². The van der Waals surface area contributed by atoms with Crippen LogP contribution in [0.15, 0.2) is 79.1 Å². The number of benzene rings is 2. The first-order valence-electron chi connectivity index (χ1n) is 9.59. The summed E-state index contributed by atoms with van der Waals surface area (Å²) in [4.78, 5) is 23.7. The molecule has 4 aromatic rings. The van der Waals surface area contributed by atoms with Crippen molar-refractivity contribution in [3.05, 3.63) is 90.3 Å². The summed E-state index contributed by atoms with van der Waals surface area (Å²) in [5.74, 6) is 0.584. The van der Waals surface area contributed by atoms with Crippen LogP contribution < -0.4 is 10.2 Å². The lowest BCUT2D eigenvalue weighted by Gasteiger charge is -2.13. The van der Waals surface area contributed by atoms with Gasteiger partial charge in [0.2, 0.25) is 5.95 Å². The predicted octanol–water partition coefficient (Wildman–Crippen LogP) is 3.71. The van der Waals surface area contributed by atoms with Gasteiger partial charge in [-0.3, -0.25) is 9.78 Å². The molecule has 2 heterocycles. The molecule has 1 N–H and O–H groups in total. The lowest BCUT2D eigenvalue weighted by atomic mass is 10.2. The van der Waals surface area contributed by atoms with Crippen molar-refractivity contribution in [1.82, 2.24) is 19.7 Å². The zero-order valence-electron chi connectivity index (χ0n) is 16.9. The zero-order chi connectivity index (χ0) is 20.9. The van der Waals surface area contributed by atoms with Gasteiger partial charge in [-0.2, -0.15) is 9.67 Å². The van der Waals surface area contributed by atoms with Crippen LogP contribution >= 0.6 is 0 Å². The van der Waals surface area contributed by atoms with Crippen LogP contribution in [0, 0.1) is 0 Å². The Bertz CT molecular complexity index is 1120. The second-order valence-corrected chi connectivity index (χ2v) is 7.00. The summed E-state index contributed by atoms with van der Waals surface area (Å²) in [6.45, 7) is 0.515. The topological polar surface area (TPSA) is 75.9 Å². The number of hydrogen-bond donors (Lipinski definition) is 1. The van der Waals surface area contributed by atoms with Crippen LogP contribution in [0.1, 0.15) is 15.9 Å². The van der Waals surface area contributed by atoms with Crippen molar-refractivity contribution >= 4 is 17.5 Å². The second kappa shape index (κ2) is 8.57. The van der Waals surface area contributed by atoms with Crippen molar-refractivity contribution in [2.24, 2.45) is 0 Å². The maximum atomic E-state index is 13.0. The largest absolute Gasteiger partial charge is 0.378 e. The van der Waals surface area contributed by atoms with Gasteiger partial charge in [-0.15, -0.1) is 5.10 Å². The first-order valence-corrected chi connectivity index (χ1v) is 9.59. The summed E-state index contributed by atoms with van der Waals surface area (Å²) in [5, 5.41) is 7.72. The van der Waals surface area contributed by atoms with E-state index in [-0.39, 0.29) is 5.91 Å². The normalized spacial score (nSPS) is 10.6. The van der Waals surface area contributed by atoms with Crippen molar-refractivity contribution < 1.29 is 4.79 Å². The van der Waals surface area contributed by atoms with E-state index < -0.39 is 0 Å². The Kier molecular flexibility index (Phi) is 5.52. The fraction of sp³-hybridized carbons (Fsp3) is 0.130. The van der Waals surface area contributed by atoms with E-state index in [4.69, 9.17) is 0 Å². The molecule has 30 heavy (non-hydrogen) atoms. The molecule has 0 aliphatic rings. The Morgan fingerprint density at radius 1 is 1.00 bits per heavy atom. The number of aromatic nitrogens is 4. The van der Waals surface area contributed by atoms with Gasteiger partial charge in [-0.1, -0.05) is 42.5 Å². The number of hydrogen-bond acceptors (Lipinski definition) is 6. The molecular weight excluding hydrogens is 376 g/mol. The van der Waals surface area contributed by atoms with E-state index in [1.165, 1.54) is 10.9 Å². The summed E-state index contributed by atoms with van der Waals surface area (Å²) in [7, 11) is 4.01. The fourth-order valence-corrected chi connectivity index (χ4v) is 2.98. The molecule has 0 amide bonds. The second-order valence-electron chi connectivity index (χ2n) is 7.00. The highest BCUT2D eigenvalue weighted by molar-refractivity contribution is 5.96. The molecule has 2 aromatic heterocycles. The smallest absolute Gasteiger partial charge is 0.282 e. The third-order valence-corrected chi connectivity index (χ3v) is 4.64. The van der Waals surface area contributed by atoms with Crippen molar-refractivity contribution in [3.8, 4) is 11.4 Å². The molecule has 7 nitrogen and oxygen atoms in total. The Labute approximate surface area is 175 Å². The van der Waals surface area contributed by atoms with E-state index in [0.29, 0.717) is 23.9 Å². The summed E-state index contributed by atoms with van der Waals surface area (Å²) in [6.07, 6.45) is 3.15. The van der Waals surface area contributed by atoms with Gasteiger partial charge in [-0.25, -0.2) is 0 Å². The Balaban J connectivity index is 1.63. The SMILES string of the molecule is CN(C)c1ccc(CNc2nc(-c3ccccc3)nn2C(=O)c2cccnc2)cc1. The van der Waals surface area contributed by atoms with Gasteiger partial charge in [0.25, 0.3) is 5.91 Å². The minimum Gasteiger partial charge on any atom is -0.378 e. The van der Waals surface area contributed by atoms with Gasteiger partial charge in [0.15, 0.2) is 5.82 Å². The summed E-state index contributed by atoms with van der Waals surface area (Å²) in [6, 6.07) is 21.2. The van der Waals surface area contributed by atoms with Crippen LogP contribution in [0.4, 0.5) is 11.6 Å². The van der Waals surface area contributed by atoms with Crippen LogP contribution in [0.25, 0.3) is 11.4 Å². The van der Waals surface area contributed by atoms with Crippen molar-refractivity contribution in [2.45, 2.75) is 6.54 Å². The molecule has 0 fully saturated rings. The average Bonchev–Trinajstić information content (AvgIpc) is 3.23. The number of pyridine rings is 1. The van der Waals surface area contributed by atoms with Gasteiger partial charge in [0.05, 0.1) is 5.56 Å². The number of nitrogens with zero attached hydrogens (tertiary/aromatic N) is 5. The fourth-order valence-electron chi connectivity index (χ4n) is 2.98. The Morgan fingerprint density at radius 2 is 1.77 bits per heavy atom. The van der Waals surface area contributed by atoms with Gasteiger partial charge in [0, 0.05) is 44.3 Å². The van der Waals surface area contributed by atoms with Crippen LogP contribution in [-0.2, 0) is 6.54 Å². The van der Waals surface area contributed by atoms with Crippen LogP contribution in [-0.4, -0.2) is 39.8 Å². The number of carbonyl (C=O) groups is 1. The lowest BCUT2D eigenvalue weighted by molar-refractivity contribution is 0.0947. The third-order valence-electron chi connectivity index (χ3n) is 4.64. The molecule has 0 saturated heterocycles. The zero-order valence-corrected chi connectivity index (χ0v) is 16.9. The highest BCUT2D eigenvalue weighted by Crippen LogP contribution is 2.20. The number of carbonyl (C=O) groups excluding carboxylic acids is 1. The monoisotopic (exact) mass is 398 g/mol. The molecule has 0 unspecified atom stereocenters. The van der Waals surface area contributed by atoms with Crippen molar-refractivity contribution in [2.75, 3.05) is 24.3 Å². The molecule has 2 aromatic carbocycles. The number of nitrogens with one attached hydrogen (secondary N) is 1. The molecule has 7 heteroatoms. The summed E-state index contributed by atoms with van der Waals surface area (Å²) >= 11 is 0. The van der Waals surface area contributed by atoms with Gasteiger partial charge in [0.1, 0.15) is 0 Å². The maximum absolute atomic E-state index is 13.0. The van der Waals surface area contributed by atoms with Crippen LogP contribution in [0.2, 0.25) is 0 Å². The van der Waals surface area contributed by atoms with Gasteiger partial charge in [-0.05, 0) is 29.8 Å².